The van der Waals surface area contributed by atoms with Gasteiger partial charge in [-0.1, -0.05) is 6.07 Å². The zero-order chi connectivity index (χ0) is 13.5. The Morgan fingerprint density at radius 1 is 1.50 bits per heavy atom. The summed E-state index contributed by atoms with van der Waals surface area (Å²) in [5.41, 5.74) is 0.822. The second-order valence-corrected chi connectivity index (χ2v) is 3.93. The highest BCUT2D eigenvalue weighted by Crippen LogP contribution is 2.25. The average Bonchev–Trinajstić information content (AvgIpc) is 2.36. The van der Waals surface area contributed by atoms with Crippen LogP contribution in [0, 0.1) is 5.82 Å². The van der Waals surface area contributed by atoms with Crippen LogP contribution in [-0.4, -0.2) is 26.1 Å². The van der Waals surface area contributed by atoms with E-state index >= 15 is 0 Å². The van der Waals surface area contributed by atoms with E-state index in [4.69, 9.17) is 4.74 Å². The number of halogens is 1. The lowest BCUT2D eigenvalue weighted by Gasteiger charge is -2.16. The summed E-state index contributed by atoms with van der Waals surface area (Å²) >= 11 is 0. The Morgan fingerprint density at radius 2 is 2.22 bits per heavy atom. The maximum atomic E-state index is 13.2. The highest BCUT2D eigenvalue weighted by Gasteiger charge is 2.12. The summed E-state index contributed by atoms with van der Waals surface area (Å²) in [6, 6.07) is 4.35. The zero-order valence-electron chi connectivity index (χ0n) is 10.9. The molecule has 0 heterocycles. The van der Waals surface area contributed by atoms with Crippen molar-refractivity contribution < 1.29 is 13.9 Å². The second kappa shape index (κ2) is 6.96. The number of hydrogen-bond donors (Lipinski definition) is 2. The monoisotopic (exact) mass is 254 g/mol. The van der Waals surface area contributed by atoms with E-state index in [9.17, 15) is 9.18 Å². The molecule has 2 N–H and O–H groups in total. The van der Waals surface area contributed by atoms with E-state index in [1.807, 2.05) is 20.9 Å². The minimum atomic E-state index is -0.382. The van der Waals surface area contributed by atoms with Gasteiger partial charge in [-0.3, -0.25) is 4.79 Å². The van der Waals surface area contributed by atoms with E-state index in [1.165, 1.54) is 12.1 Å². The summed E-state index contributed by atoms with van der Waals surface area (Å²) in [5, 5.41) is 5.67. The van der Waals surface area contributed by atoms with Crippen molar-refractivity contribution in [1.82, 2.24) is 10.6 Å². The van der Waals surface area contributed by atoms with E-state index in [2.05, 4.69) is 10.6 Å². The van der Waals surface area contributed by atoms with Crippen molar-refractivity contribution in [1.29, 1.82) is 0 Å². The summed E-state index contributed by atoms with van der Waals surface area (Å²) in [5.74, 6) is -0.208. The van der Waals surface area contributed by atoms with E-state index in [0.717, 1.165) is 5.56 Å². The SMILES string of the molecule is CCNC(=O)COc1cc(F)ccc1C(C)NC. The molecular weight excluding hydrogens is 235 g/mol. The van der Waals surface area contributed by atoms with Gasteiger partial charge < -0.3 is 15.4 Å². The molecule has 5 heteroatoms. The molecule has 0 aliphatic rings. The molecule has 0 aliphatic heterocycles. The molecule has 0 spiro atoms. The van der Waals surface area contributed by atoms with Gasteiger partial charge in [-0.05, 0) is 27.0 Å². The first-order valence-corrected chi connectivity index (χ1v) is 5.94. The number of amides is 1. The lowest BCUT2D eigenvalue weighted by molar-refractivity contribution is -0.123. The smallest absolute Gasteiger partial charge is 0.257 e. The molecule has 0 radical (unpaired) electrons. The van der Waals surface area contributed by atoms with E-state index in [1.54, 1.807) is 6.07 Å². The Hall–Kier alpha value is -1.62. The molecule has 1 amide bonds. The Morgan fingerprint density at radius 3 is 2.83 bits per heavy atom. The van der Waals surface area contributed by atoms with Gasteiger partial charge in [-0.25, -0.2) is 4.39 Å². The number of rotatable bonds is 6. The maximum absolute atomic E-state index is 13.2. The fraction of sp³-hybridized carbons (Fsp3) is 0.462. The molecule has 18 heavy (non-hydrogen) atoms. The van der Waals surface area contributed by atoms with Crippen LogP contribution in [0.2, 0.25) is 0 Å². The number of ether oxygens (including phenoxy) is 1. The number of carbonyl (C=O) groups is 1. The molecule has 1 rings (SSSR count). The second-order valence-electron chi connectivity index (χ2n) is 3.93. The van der Waals surface area contributed by atoms with E-state index in [-0.39, 0.29) is 24.4 Å². The van der Waals surface area contributed by atoms with Gasteiger partial charge in [0.1, 0.15) is 11.6 Å². The molecule has 0 aliphatic carbocycles. The topological polar surface area (TPSA) is 50.4 Å². The largest absolute Gasteiger partial charge is 0.483 e. The Balaban J connectivity index is 2.79. The highest BCUT2D eigenvalue weighted by molar-refractivity contribution is 5.77. The summed E-state index contributed by atoms with van der Waals surface area (Å²) < 4.78 is 18.5. The Bertz CT molecular complexity index is 410. The first kappa shape index (κ1) is 14.4. The number of likely N-dealkylation sites (N-methyl/N-ethyl adjacent to an activating group) is 1. The van der Waals surface area contributed by atoms with E-state index in [0.29, 0.717) is 12.3 Å². The first-order valence-electron chi connectivity index (χ1n) is 5.94. The van der Waals surface area contributed by atoms with Crippen molar-refractivity contribution in [3.8, 4) is 5.75 Å². The molecule has 0 fully saturated rings. The van der Waals surface area contributed by atoms with Crippen molar-refractivity contribution >= 4 is 5.91 Å². The van der Waals surface area contributed by atoms with Crippen molar-refractivity contribution in [2.75, 3.05) is 20.2 Å². The average molecular weight is 254 g/mol. The molecule has 0 saturated heterocycles. The third-order valence-electron chi connectivity index (χ3n) is 2.61. The molecule has 1 aromatic rings. The fourth-order valence-electron chi connectivity index (χ4n) is 1.54. The summed E-state index contributed by atoms with van der Waals surface area (Å²) in [6.07, 6.45) is 0. The number of hydrogen-bond acceptors (Lipinski definition) is 3. The predicted molar refractivity (Wildman–Crippen MR) is 68.1 cm³/mol. The molecule has 1 unspecified atom stereocenters. The quantitative estimate of drug-likeness (QED) is 0.811. The van der Waals surface area contributed by atoms with Crippen LogP contribution >= 0.6 is 0 Å². The molecule has 4 nitrogen and oxygen atoms in total. The summed E-state index contributed by atoms with van der Waals surface area (Å²) in [7, 11) is 1.81. The van der Waals surface area contributed by atoms with Crippen molar-refractivity contribution in [3.63, 3.8) is 0 Å². The maximum Gasteiger partial charge on any atom is 0.257 e. The van der Waals surface area contributed by atoms with Crippen LogP contribution in [0.1, 0.15) is 25.5 Å². The third kappa shape index (κ3) is 4.00. The van der Waals surface area contributed by atoms with Gasteiger partial charge >= 0.3 is 0 Å². The summed E-state index contributed by atoms with van der Waals surface area (Å²) in [4.78, 5) is 11.3. The molecular formula is C13H19FN2O2. The zero-order valence-corrected chi connectivity index (χ0v) is 10.9. The van der Waals surface area contributed by atoms with Gasteiger partial charge in [0, 0.05) is 24.2 Å². The first-order chi connectivity index (χ1) is 8.58. The van der Waals surface area contributed by atoms with Gasteiger partial charge in [0.05, 0.1) is 0 Å². The lowest BCUT2D eigenvalue weighted by atomic mass is 10.1. The summed E-state index contributed by atoms with van der Waals surface area (Å²) in [6.45, 7) is 4.20. The van der Waals surface area contributed by atoms with Crippen LogP contribution in [0.4, 0.5) is 4.39 Å². The molecule has 0 aromatic heterocycles. The predicted octanol–water partition coefficient (Wildman–Crippen LogP) is 1.62. The van der Waals surface area contributed by atoms with Crippen LogP contribution < -0.4 is 15.4 Å². The lowest BCUT2D eigenvalue weighted by Crippen LogP contribution is -2.28. The minimum absolute atomic E-state index is 0.0230. The van der Waals surface area contributed by atoms with Crippen LogP contribution in [0.25, 0.3) is 0 Å². The minimum Gasteiger partial charge on any atom is -0.483 e. The number of benzene rings is 1. The van der Waals surface area contributed by atoms with Crippen LogP contribution in [0.3, 0.4) is 0 Å². The van der Waals surface area contributed by atoms with Crippen molar-refractivity contribution in [2.45, 2.75) is 19.9 Å². The van der Waals surface area contributed by atoms with Crippen molar-refractivity contribution in [2.24, 2.45) is 0 Å². The Kier molecular flexibility index (Phi) is 5.58. The van der Waals surface area contributed by atoms with Gasteiger partial charge in [0.25, 0.3) is 5.91 Å². The molecule has 0 saturated carbocycles. The van der Waals surface area contributed by atoms with Crippen LogP contribution in [-0.2, 0) is 4.79 Å². The third-order valence-corrected chi connectivity index (χ3v) is 2.61. The standard InChI is InChI=1S/C13H19FN2O2/c1-4-16-13(17)8-18-12-7-10(14)5-6-11(12)9(2)15-3/h5-7,9,15H,4,8H2,1-3H3,(H,16,17). The van der Waals surface area contributed by atoms with Crippen molar-refractivity contribution in [3.05, 3.63) is 29.6 Å². The number of carbonyl (C=O) groups excluding carboxylic acids is 1. The molecule has 1 atom stereocenters. The molecule has 100 valence electrons. The highest BCUT2D eigenvalue weighted by atomic mass is 19.1. The number of nitrogens with one attached hydrogen (secondary N) is 2. The van der Waals surface area contributed by atoms with Gasteiger partial charge in [-0.15, -0.1) is 0 Å². The van der Waals surface area contributed by atoms with Gasteiger partial charge in [-0.2, -0.15) is 0 Å². The van der Waals surface area contributed by atoms with E-state index < -0.39 is 0 Å². The van der Waals surface area contributed by atoms with Crippen LogP contribution in [0.15, 0.2) is 18.2 Å². The molecule has 1 aromatic carbocycles. The van der Waals surface area contributed by atoms with Crippen LogP contribution in [0.5, 0.6) is 5.75 Å². The van der Waals surface area contributed by atoms with Gasteiger partial charge in [0.2, 0.25) is 0 Å². The van der Waals surface area contributed by atoms with Gasteiger partial charge in [0.15, 0.2) is 6.61 Å². The fourth-order valence-corrected chi connectivity index (χ4v) is 1.54. The Labute approximate surface area is 107 Å². The normalized spacial score (nSPS) is 12.0. The molecule has 0 bridgehead atoms.